The number of nitrogen functional groups attached to an aromatic ring is 1. The summed E-state index contributed by atoms with van der Waals surface area (Å²) < 4.78 is 0. The summed E-state index contributed by atoms with van der Waals surface area (Å²) in [5, 5.41) is 10.1. The molecule has 0 bridgehead atoms. The molecule has 2 N–H and O–H groups in total. The first kappa shape index (κ1) is 12.7. The largest absolute Gasteiger partial charge is 0.397 e. The summed E-state index contributed by atoms with van der Waals surface area (Å²) in [7, 11) is 0. The summed E-state index contributed by atoms with van der Waals surface area (Å²) in [6.45, 7) is 0. The van der Waals surface area contributed by atoms with Crippen LogP contribution in [0.4, 0.5) is 5.69 Å². The van der Waals surface area contributed by atoms with Crippen molar-refractivity contribution in [3.05, 3.63) is 57.8 Å². The monoisotopic (exact) mass is 277 g/mol. The average Bonchev–Trinajstić information content (AvgIpc) is 2.37. The minimum Gasteiger partial charge on any atom is -0.397 e. The molecule has 2 rings (SSSR count). The van der Waals surface area contributed by atoms with E-state index in [4.69, 9.17) is 28.9 Å². The van der Waals surface area contributed by atoms with Gasteiger partial charge in [-0.2, -0.15) is 5.26 Å². The van der Waals surface area contributed by atoms with Gasteiger partial charge in [-0.25, -0.2) is 0 Å². The molecule has 0 saturated heterocycles. The van der Waals surface area contributed by atoms with E-state index in [-0.39, 0.29) is 0 Å². The number of nitriles is 1. The fourth-order valence-electron chi connectivity index (χ4n) is 1.59. The van der Waals surface area contributed by atoms with E-state index in [1.165, 1.54) is 6.20 Å². The Labute approximate surface area is 115 Å². The van der Waals surface area contributed by atoms with Gasteiger partial charge in [0.25, 0.3) is 0 Å². The summed E-state index contributed by atoms with van der Waals surface area (Å²) in [5.41, 5.74) is 7.51. The Morgan fingerprint density at radius 2 is 1.94 bits per heavy atom. The standard InChI is InChI=1S/C13H9Cl2N3/c14-11-3-1-8(5-12(11)15)10(6-16)13-4-2-9(17)7-18-13/h1-5,7,10H,17H2. The van der Waals surface area contributed by atoms with Gasteiger partial charge in [0.15, 0.2) is 0 Å². The van der Waals surface area contributed by atoms with Gasteiger partial charge in [0, 0.05) is 0 Å². The number of aromatic nitrogens is 1. The van der Waals surface area contributed by atoms with E-state index in [0.717, 1.165) is 5.56 Å². The van der Waals surface area contributed by atoms with Gasteiger partial charge in [-0.3, -0.25) is 4.98 Å². The maximum Gasteiger partial charge on any atom is 0.113 e. The van der Waals surface area contributed by atoms with E-state index in [1.54, 1.807) is 30.3 Å². The highest BCUT2D eigenvalue weighted by Gasteiger charge is 2.15. The Kier molecular flexibility index (Phi) is 3.71. The molecule has 5 heteroatoms. The van der Waals surface area contributed by atoms with Crippen LogP contribution in [-0.4, -0.2) is 4.98 Å². The lowest BCUT2D eigenvalue weighted by Gasteiger charge is -2.10. The van der Waals surface area contributed by atoms with Crippen molar-refractivity contribution < 1.29 is 0 Å². The molecule has 1 heterocycles. The molecule has 0 aliphatic heterocycles. The van der Waals surface area contributed by atoms with Gasteiger partial charge in [-0.15, -0.1) is 0 Å². The number of anilines is 1. The van der Waals surface area contributed by atoms with Crippen LogP contribution in [-0.2, 0) is 0 Å². The van der Waals surface area contributed by atoms with E-state index in [1.807, 2.05) is 0 Å². The van der Waals surface area contributed by atoms with Crippen molar-refractivity contribution in [1.29, 1.82) is 5.26 Å². The molecule has 0 aliphatic rings. The molecule has 0 radical (unpaired) electrons. The lowest BCUT2D eigenvalue weighted by molar-refractivity contribution is 0.967. The van der Waals surface area contributed by atoms with Crippen LogP contribution >= 0.6 is 23.2 Å². The van der Waals surface area contributed by atoms with Crippen LogP contribution in [0.2, 0.25) is 10.0 Å². The topological polar surface area (TPSA) is 62.7 Å². The van der Waals surface area contributed by atoms with Crippen molar-refractivity contribution >= 4 is 28.9 Å². The predicted molar refractivity (Wildman–Crippen MR) is 72.6 cm³/mol. The van der Waals surface area contributed by atoms with Crippen LogP contribution < -0.4 is 5.73 Å². The van der Waals surface area contributed by atoms with E-state index in [0.29, 0.717) is 21.4 Å². The highest BCUT2D eigenvalue weighted by atomic mass is 35.5. The molecule has 1 atom stereocenters. The molecule has 0 saturated carbocycles. The van der Waals surface area contributed by atoms with Gasteiger partial charge in [0.1, 0.15) is 5.92 Å². The maximum atomic E-state index is 9.27. The normalized spacial score (nSPS) is 11.8. The smallest absolute Gasteiger partial charge is 0.113 e. The second kappa shape index (κ2) is 5.26. The number of benzene rings is 1. The quantitative estimate of drug-likeness (QED) is 0.912. The summed E-state index contributed by atoms with van der Waals surface area (Å²) >= 11 is 11.8. The molecule has 18 heavy (non-hydrogen) atoms. The van der Waals surface area contributed by atoms with Crippen LogP contribution in [0.15, 0.2) is 36.5 Å². The second-order valence-corrected chi connectivity index (χ2v) is 4.57. The molecule has 1 aromatic carbocycles. The van der Waals surface area contributed by atoms with Crippen molar-refractivity contribution in [1.82, 2.24) is 4.98 Å². The molecule has 90 valence electrons. The van der Waals surface area contributed by atoms with Crippen LogP contribution in [0.5, 0.6) is 0 Å². The SMILES string of the molecule is N#CC(c1ccc(Cl)c(Cl)c1)c1ccc(N)cn1. The van der Waals surface area contributed by atoms with Gasteiger partial charge in [-0.05, 0) is 29.8 Å². The second-order valence-electron chi connectivity index (χ2n) is 3.75. The number of nitrogens with zero attached hydrogens (tertiary/aromatic N) is 2. The van der Waals surface area contributed by atoms with Gasteiger partial charge >= 0.3 is 0 Å². The molecule has 0 fully saturated rings. The van der Waals surface area contributed by atoms with Gasteiger partial charge < -0.3 is 5.73 Å². The van der Waals surface area contributed by atoms with Crippen LogP contribution in [0.25, 0.3) is 0 Å². The lowest BCUT2D eigenvalue weighted by Crippen LogP contribution is -2.01. The third-order valence-corrected chi connectivity index (χ3v) is 3.25. The van der Waals surface area contributed by atoms with Crippen molar-refractivity contribution in [2.45, 2.75) is 5.92 Å². The number of pyridine rings is 1. The van der Waals surface area contributed by atoms with Crippen molar-refractivity contribution in [2.24, 2.45) is 0 Å². The van der Waals surface area contributed by atoms with Gasteiger partial charge in [-0.1, -0.05) is 29.3 Å². The zero-order valence-corrected chi connectivity index (χ0v) is 10.8. The maximum absolute atomic E-state index is 9.27. The third kappa shape index (κ3) is 2.56. The van der Waals surface area contributed by atoms with Crippen LogP contribution in [0.1, 0.15) is 17.2 Å². The molecule has 0 spiro atoms. The first-order chi connectivity index (χ1) is 8.61. The predicted octanol–water partition coefficient (Wildman–Crippen LogP) is 3.63. The number of nitrogens with two attached hydrogens (primary N) is 1. The van der Waals surface area contributed by atoms with Crippen molar-refractivity contribution in [2.75, 3.05) is 5.73 Å². The number of hydrogen-bond donors (Lipinski definition) is 1. The number of halogens is 2. The minimum absolute atomic E-state index is 0.421. The zero-order chi connectivity index (χ0) is 13.1. The Bertz CT molecular complexity index is 603. The molecule has 0 aliphatic carbocycles. The first-order valence-corrected chi connectivity index (χ1v) is 5.93. The number of rotatable bonds is 2. The summed E-state index contributed by atoms with van der Waals surface area (Å²) in [5.74, 6) is -0.486. The van der Waals surface area contributed by atoms with E-state index >= 15 is 0 Å². The minimum atomic E-state index is -0.486. The molecule has 0 amide bonds. The third-order valence-electron chi connectivity index (χ3n) is 2.51. The Balaban J connectivity index is 2.42. The average molecular weight is 278 g/mol. The van der Waals surface area contributed by atoms with Crippen molar-refractivity contribution in [3.63, 3.8) is 0 Å². The number of hydrogen-bond acceptors (Lipinski definition) is 3. The Hall–Kier alpha value is -1.76. The van der Waals surface area contributed by atoms with Crippen molar-refractivity contribution in [3.8, 4) is 6.07 Å². The summed E-state index contributed by atoms with van der Waals surface area (Å²) in [4.78, 5) is 4.15. The fraction of sp³-hybridized carbons (Fsp3) is 0.0769. The zero-order valence-electron chi connectivity index (χ0n) is 9.27. The highest BCUT2D eigenvalue weighted by molar-refractivity contribution is 6.42. The molecule has 2 aromatic rings. The fourth-order valence-corrected chi connectivity index (χ4v) is 1.90. The van der Waals surface area contributed by atoms with Crippen LogP contribution in [0.3, 0.4) is 0 Å². The highest BCUT2D eigenvalue weighted by Crippen LogP contribution is 2.29. The molecular weight excluding hydrogens is 269 g/mol. The first-order valence-electron chi connectivity index (χ1n) is 5.18. The van der Waals surface area contributed by atoms with Gasteiger partial charge in [0.2, 0.25) is 0 Å². The Morgan fingerprint density at radius 3 is 2.50 bits per heavy atom. The summed E-state index contributed by atoms with van der Waals surface area (Å²) in [6.07, 6.45) is 1.52. The van der Waals surface area contributed by atoms with Crippen LogP contribution in [0, 0.1) is 11.3 Å². The van der Waals surface area contributed by atoms with E-state index in [2.05, 4.69) is 11.1 Å². The molecule has 1 aromatic heterocycles. The summed E-state index contributed by atoms with van der Waals surface area (Å²) in [6, 6.07) is 10.7. The molecular formula is C13H9Cl2N3. The molecule has 1 unspecified atom stereocenters. The molecule has 3 nitrogen and oxygen atoms in total. The Morgan fingerprint density at radius 1 is 1.17 bits per heavy atom. The lowest BCUT2D eigenvalue weighted by atomic mass is 9.97. The van der Waals surface area contributed by atoms with E-state index < -0.39 is 5.92 Å². The van der Waals surface area contributed by atoms with E-state index in [9.17, 15) is 5.26 Å². The van der Waals surface area contributed by atoms with Gasteiger partial charge in [0.05, 0.1) is 33.7 Å².